The Labute approximate surface area is 192 Å². The Morgan fingerprint density at radius 1 is 1.03 bits per heavy atom. The second-order valence-electron chi connectivity index (χ2n) is 7.89. The molecule has 3 unspecified atom stereocenters. The van der Waals surface area contributed by atoms with Gasteiger partial charge in [-0.2, -0.15) is 0 Å². The third kappa shape index (κ3) is 4.72. The van der Waals surface area contributed by atoms with Crippen LogP contribution in [0.5, 0.6) is 11.5 Å². The number of nitrogens with zero attached hydrogens (tertiary/aromatic N) is 1. The zero-order valence-electron chi connectivity index (χ0n) is 19.0. The van der Waals surface area contributed by atoms with Crippen molar-refractivity contribution in [2.24, 2.45) is 5.92 Å². The SMILES string of the molecule is CCOC(=O)C1CC(C)(C(=O)O)N(C(=O)Nc2ccc(OC)cc2)C1c1ccc(OC)cc1. The molecule has 1 aliphatic rings. The first-order chi connectivity index (χ1) is 15.7. The van der Waals surface area contributed by atoms with E-state index in [9.17, 15) is 19.5 Å². The topological polar surface area (TPSA) is 114 Å². The molecule has 33 heavy (non-hydrogen) atoms. The van der Waals surface area contributed by atoms with Crippen molar-refractivity contribution in [3.63, 3.8) is 0 Å². The molecule has 9 nitrogen and oxygen atoms in total. The summed E-state index contributed by atoms with van der Waals surface area (Å²) in [6.07, 6.45) is -0.0894. The lowest BCUT2D eigenvalue weighted by Gasteiger charge is -2.35. The van der Waals surface area contributed by atoms with E-state index in [4.69, 9.17) is 14.2 Å². The Bertz CT molecular complexity index is 1010. The first-order valence-corrected chi connectivity index (χ1v) is 10.5. The third-order valence-corrected chi connectivity index (χ3v) is 5.88. The van der Waals surface area contributed by atoms with Gasteiger partial charge in [0.1, 0.15) is 17.0 Å². The van der Waals surface area contributed by atoms with Gasteiger partial charge in [0.2, 0.25) is 0 Å². The summed E-state index contributed by atoms with van der Waals surface area (Å²) < 4.78 is 15.6. The zero-order chi connectivity index (χ0) is 24.2. The number of hydrogen-bond acceptors (Lipinski definition) is 6. The lowest BCUT2D eigenvalue weighted by atomic mass is 9.90. The predicted octanol–water partition coefficient (Wildman–Crippen LogP) is 3.71. The fraction of sp³-hybridized carbons (Fsp3) is 0.375. The fourth-order valence-electron chi connectivity index (χ4n) is 4.17. The Kier molecular flexibility index (Phi) is 7.10. The number of amides is 2. The smallest absolute Gasteiger partial charge is 0.329 e. The molecule has 0 aromatic heterocycles. The summed E-state index contributed by atoms with van der Waals surface area (Å²) in [7, 11) is 3.06. The second-order valence-corrected chi connectivity index (χ2v) is 7.89. The van der Waals surface area contributed by atoms with Crippen molar-refractivity contribution >= 4 is 23.7 Å². The summed E-state index contributed by atoms with van der Waals surface area (Å²) in [6, 6.07) is 12.0. The van der Waals surface area contributed by atoms with Crippen LogP contribution in [0.25, 0.3) is 0 Å². The number of carbonyl (C=O) groups is 3. The van der Waals surface area contributed by atoms with Crippen molar-refractivity contribution in [2.45, 2.75) is 31.8 Å². The average molecular weight is 456 g/mol. The van der Waals surface area contributed by atoms with Crippen LogP contribution in [0, 0.1) is 5.92 Å². The van der Waals surface area contributed by atoms with Crippen LogP contribution in [0.1, 0.15) is 31.9 Å². The van der Waals surface area contributed by atoms with E-state index in [1.54, 1.807) is 55.5 Å². The van der Waals surface area contributed by atoms with Crippen molar-refractivity contribution < 1.29 is 33.7 Å². The van der Waals surface area contributed by atoms with Crippen LogP contribution in [0.2, 0.25) is 0 Å². The molecule has 1 fully saturated rings. The normalized spacial score (nSPS) is 21.9. The number of hydrogen-bond donors (Lipinski definition) is 2. The van der Waals surface area contributed by atoms with Crippen LogP contribution in [0.4, 0.5) is 10.5 Å². The van der Waals surface area contributed by atoms with E-state index >= 15 is 0 Å². The maximum Gasteiger partial charge on any atom is 0.329 e. The molecular weight excluding hydrogens is 428 g/mol. The Morgan fingerprint density at radius 2 is 1.58 bits per heavy atom. The number of anilines is 1. The van der Waals surface area contributed by atoms with E-state index in [1.807, 2.05) is 0 Å². The first-order valence-electron chi connectivity index (χ1n) is 10.5. The van der Waals surface area contributed by atoms with Crippen LogP contribution in [-0.2, 0) is 14.3 Å². The van der Waals surface area contributed by atoms with Gasteiger partial charge in [0, 0.05) is 5.69 Å². The summed E-state index contributed by atoms with van der Waals surface area (Å²) >= 11 is 0. The van der Waals surface area contributed by atoms with Gasteiger partial charge in [0.15, 0.2) is 0 Å². The molecule has 1 aliphatic heterocycles. The number of benzene rings is 2. The van der Waals surface area contributed by atoms with E-state index in [0.29, 0.717) is 22.7 Å². The molecule has 1 saturated heterocycles. The van der Waals surface area contributed by atoms with Crippen molar-refractivity contribution in [3.05, 3.63) is 54.1 Å². The number of esters is 1. The van der Waals surface area contributed by atoms with Crippen molar-refractivity contribution in [1.82, 2.24) is 4.90 Å². The molecular formula is C24H28N2O7. The molecule has 2 aromatic carbocycles. The number of carbonyl (C=O) groups excluding carboxylic acids is 2. The van der Waals surface area contributed by atoms with Crippen molar-refractivity contribution in [3.8, 4) is 11.5 Å². The minimum atomic E-state index is -1.64. The molecule has 0 saturated carbocycles. The summed E-state index contributed by atoms with van der Waals surface area (Å²) in [5.41, 5.74) is -0.580. The van der Waals surface area contributed by atoms with Gasteiger partial charge in [0.05, 0.1) is 32.8 Å². The van der Waals surface area contributed by atoms with Gasteiger partial charge >= 0.3 is 18.0 Å². The Balaban J connectivity index is 2.05. The quantitative estimate of drug-likeness (QED) is 0.611. The number of ether oxygens (including phenoxy) is 3. The summed E-state index contributed by atoms with van der Waals surface area (Å²) in [4.78, 5) is 39.9. The fourth-order valence-corrected chi connectivity index (χ4v) is 4.17. The van der Waals surface area contributed by atoms with Crippen LogP contribution < -0.4 is 14.8 Å². The highest BCUT2D eigenvalue weighted by atomic mass is 16.5. The van der Waals surface area contributed by atoms with Crippen LogP contribution >= 0.6 is 0 Å². The van der Waals surface area contributed by atoms with Crippen LogP contribution in [-0.4, -0.2) is 54.3 Å². The van der Waals surface area contributed by atoms with Gasteiger partial charge in [0.25, 0.3) is 0 Å². The largest absolute Gasteiger partial charge is 0.497 e. The van der Waals surface area contributed by atoms with Gasteiger partial charge in [-0.3, -0.25) is 4.79 Å². The summed E-state index contributed by atoms with van der Waals surface area (Å²) in [5.74, 6) is -1.41. The van der Waals surface area contributed by atoms with E-state index in [2.05, 4.69) is 5.32 Å². The highest BCUT2D eigenvalue weighted by molar-refractivity contribution is 5.96. The van der Waals surface area contributed by atoms with Crippen molar-refractivity contribution in [1.29, 1.82) is 0 Å². The van der Waals surface area contributed by atoms with Crippen molar-refractivity contribution in [2.75, 3.05) is 26.1 Å². The third-order valence-electron chi connectivity index (χ3n) is 5.88. The number of methoxy groups -OCH3 is 2. The minimum Gasteiger partial charge on any atom is -0.497 e. The molecule has 176 valence electrons. The summed E-state index contributed by atoms with van der Waals surface area (Å²) in [6.45, 7) is 3.27. The number of likely N-dealkylation sites (tertiary alicyclic amines) is 1. The first kappa shape index (κ1) is 23.9. The summed E-state index contributed by atoms with van der Waals surface area (Å²) in [5, 5.41) is 12.8. The second kappa shape index (κ2) is 9.81. The Hall–Kier alpha value is -3.75. The van der Waals surface area contributed by atoms with Gasteiger partial charge in [-0.25, -0.2) is 9.59 Å². The number of rotatable bonds is 7. The molecule has 2 N–H and O–H groups in total. The number of carboxylic acids is 1. The molecule has 0 bridgehead atoms. The van der Waals surface area contributed by atoms with Gasteiger partial charge in [-0.1, -0.05) is 12.1 Å². The molecule has 9 heteroatoms. The number of nitrogens with one attached hydrogen (secondary N) is 1. The minimum absolute atomic E-state index is 0.0894. The number of aliphatic carboxylic acids is 1. The highest BCUT2D eigenvalue weighted by Crippen LogP contribution is 2.48. The maximum absolute atomic E-state index is 13.5. The monoisotopic (exact) mass is 456 g/mol. The molecule has 0 spiro atoms. The van der Waals surface area contributed by atoms with Gasteiger partial charge in [-0.15, -0.1) is 0 Å². The lowest BCUT2D eigenvalue weighted by Crippen LogP contribution is -2.53. The van der Waals surface area contributed by atoms with E-state index in [-0.39, 0.29) is 13.0 Å². The molecule has 0 radical (unpaired) electrons. The van der Waals surface area contributed by atoms with Gasteiger partial charge in [-0.05, 0) is 62.2 Å². The van der Waals surface area contributed by atoms with Gasteiger partial charge < -0.3 is 29.5 Å². The lowest BCUT2D eigenvalue weighted by molar-refractivity contribution is -0.148. The molecule has 3 rings (SSSR count). The van der Waals surface area contributed by atoms with E-state index in [0.717, 1.165) is 0 Å². The number of urea groups is 1. The van der Waals surface area contributed by atoms with Crippen LogP contribution in [0.3, 0.4) is 0 Å². The Morgan fingerprint density at radius 3 is 2.06 bits per heavy atom. The molecule has 1 heterocycles. The standard InChI is InChI=1S/C24H28N2O7/c1-5-33-21(27)19-14-24(2,22(28)29)26(20(19)15-6-10-17(31-3)11-7-15)23(30)25-16-8-12-18(32-4)13-9-16/h6-13,19-20H,5,14H2,1-4H3,(H,25,30)(H,28,29). The molecule has 2 aromatic rings. The van der Waals surface area contributed by atoms with Crippen LogP contribution in [0.15, 0.2) is 48.5 Å². The van der Waals surface area contributed by atoms with E-state index < -0.39 is 35.5 Å². The molecule has 0 aliphatic carbocycles. The maximum atomic E-state index is 13.5. The predicted molar refractivity (Wildman–Crippen MR) is 120 cm³/mol. The highest BCUT2D eigenvalue weighted by Gasteiger charge is 2.58. The zero-order valence-corrected chi connectivity index (χ0v) is 19.0. The molecule has 2 amide bonds. The van der Waals surface area contributed by atoms with E-state index in [1.165, 1.54) is 26.0 Å². The average Bonchev–Trinajstić information content (AvgIpc) is 3.14. The number of carboxylic acid groups (broad SMARTS) is 1. The molecule has 3 atom stereocenters.